The number of anilines is 1. The maximum Gasteiger partial charge on any atom is 0.252 e. The van der Waals surface area contributed by atoms with Gasteiger partial charge >= 0.3 is 0 Å². The maximum absolute atomic E-state index is 12.0. The summed E-state index contributed by atoms with van der Waals surface area (Å²) in [7, 11) is 0. The molecular weight excluding hydrogens is 363 g/mol. The number of nitrogen functional groups attached to an aromatic ring is 1. The normalized spacial score (nSPS) is 16.6. The zero-order valence-corrected chi connectivity index (χ0v) is 15.1. The Kier molecular flexibility index (Phi) is 8.12. The second kappa shape index (κ2) is 9.58. The smallest absolute Gasteiger partial charge is 0.252 e. The summed E-state index contributed by atoms with van der Waals surface area (Å²) in [6, 6.07) is 11.3. The van der Waals surface area contributed by atoms with E-state index in [0.717, 1.165) is 13.0 Å². The largest absolute Gasteiger partial charge is 0.390 e. The Labute approximate surface area is 159 Å². The molecule has 3 rings (SSSR count). The summed E-state index contributed by atoms with van der Waals surface area (Å²) in [6.07, 6.45) is 1.51. The number of aliphatic hydroxyl groups is 1. The van der Waals surface area contributed by atoms with E-state index in [1.165, 1.54) is 17.3 Å². The number of nitrogens with zero attached hydrogens (tertiary/aromatic N) is 1. The predicted octanol–water partition coefficient (Wildman–Crippen LogP) is 1.31. The first-order valence-corrected chi connectivity index (χ1v) is 7.61. The topological polar surface area (TPSA) is 100 Å². The van der Waals surface area contributed by atoms with Crippen molar-refractivity contribution in [2.75, 3.05) is 12.3 Å². The highest BCUT2D eigenvalue weighted by Crippen LogP contribution is 2.17. The molecule has 1 aliphatic heterocycles. The van der Waals surface area contributed by atoms with Crippen LogP contribution < -0.4 is 16.4 Å². The van der Waals surface area contributed by atoms with Crippen LogP contribution in [0, 0.1) is 0 Å². The molecule has 2 heterocycles. The number of rotatable bonds is 4. The van der Waals surface area contributed by atoms with E-state index in [2.05, 4.69) is 27.8 Å². The van der Waals surface area contributed by atoms with Gasteiger partial charge in [-0.2, -0.15) is 0 Å². The number of hydrogen-bond donors (Lipinski definition) is 4. The molecule has 0 spiro atoms. The minimum atomic E-state index is -0.658. The van der Waals surface area contributed by atoms with Gasteiger partial charge < -0.3 is 21.5 Å². The van der Waals surface area contributed by atoms with Gasteiger partial charge in [0.2, 0.25) is 0 Å². The third kappa shape index (κ3) is 5.31. The number of nitrogens with one attached hydrogen (secondary N) is 2. The van der Waals surface area contributed by atoms with Crippen LogP contribution in [-0.4, -0.2) is 34.7 Å². The number of nitrogens with two attached hydrogens (primary N) is 1. The highest BCUT2D eigenvalue weighted by molar-refractivity contribution is 5.94. The Morgan fingerprint density at radius 1 is 1.28 bits per heavy atom. The molecule has 8 heteroatoms. The number of hydrogen-bond acceptors (Lipinski definition) is 5. The quantitative estimate of drug-likeness (QED) is 0.636. The molecule has 5 N–H and O–H groups in total. The lowest BCUT2D eigenvalue weighted by atomic mass is 9.93. The summed E-state index contributed by atoms with van der Waals surface area (Å²) in [6.45, 7) is 0.913. The SMILES string of the molecule is Cl.Cl.Nc1ccc(C(=O)NCC(O)[C@@H]2Cc3ccccc3CN2)cn1. The summed E-state index contributed by atoms with van der Waals surface area (Å²) in [5, 5.41) is 16.4. The molecule has 0 bridgehead atoms. The summed E-state index contributed by atoms with van der Waals surface area (Å²) in [5.74, 6) is 0.0967. The zero-order valence-electron chi connectivity index (χ0n) is 13.5. The molecule has 0 saturated heterocycles. The molecule has 0 aliphatic carbocycles. The van der Waals surface area contributed by atoms with Crippen LogP contribution in [0.4, 0.5) is 5.82 Å². The van der Waals surface area contributed by atoms with E-state index in [9.17, 15) is 9.90 Å². The van der Waals surface area contributed by atoms with Gasteiger partial charge in [-0.25, -0.2) is 4.98 Å². The minimum Gasteiger partial charge on any atom is -0.390 e. The van der Waals surface area contributed by atoms with Crippen LogP contribution in [0.3, 0.4) is 0 Å². The molecule has 6 nitrogen and oxygen atoms in total. The molecule has 2 aromatic rings. The molecule has 25 heavy (non-hydrogen) atoms. The minimum absolute atomic E-state index is 0. The molecule has 2 atom stereocenters. The van der Waals surface area contributed by atoms with Gasteiger partial charge in [-0.15, -0.1) is 24.8 Å². The number of pyridine rings is 1. The van der Waals surface area contributed by atoms with Crippen molar-refractivity contribution >= 4 is 36.5 Å². The molecule has 0 radical (unpaired) electrons. The Balaban J connectivity index is 0.00000156. The van der Waals surface area contributed by atoms with Crippen molar-refractivity contribution in [2.45, 2.75) is 25.1 Å². The molecule has 0 fully saturated rings. The maximum atomic E-state index is 12.0. The standard InChI is InChI=1S/C17H20N4O2.2ClH/c18-16-6-5-13(9-20-16)17(23)21-10-15(22)14-7-11-3-1-2-4-12(11)8-19-14;;/h1-6,9,14-15,19,22H,7-8,10H2,(H2,18,20)(H,21,23);2*1H/t14-,15?;;/m0../s1. The fourth-order valence-electron chi connectivity index (χ4n) is 2.73. The van der Waals surface area contributed by atoms with E-state index in [1.807, 2.05) is 12.1 Å². The van der Waals surface area contributed by atoms with E-state index >= 15 is 0 Å². The van der Waals surface area contributed by atoms with Gasteiger partial charge in [0.25, 0.3) is 5.91 Å². The van der Waals surface area contributed by atoms with Crippen molar-refractivity contribution < 1.29 is 9.90 Å². The Morgan fingerprint density at radius 2 is 2.00 bits per heavy atom. The lowest BCUT2D eigenvalue weighted by molar-refractivity contribution is 0.0869. The molecule has 136 valence electrons. The third-order valence-electron chi connectivity index (χ3n) is 4.10. The second-order valence-corrected chi connectivity index (χ2v) is 5.71. The fraction of sp³-hybridized carbons (Fsp3) is 0.294. The zero-order chi connectivity index (χ0) is 16.2. The molecule has 0 saturated carbocycles. The second-order valence-electron chi connectivity index (χ2n) is 5.71. The van der Waals surface area contributed by atoms with E-state index in [-0.39, 0.29) is 43.3 Å². The molecule has 1 amide bonds. The lowest BCUT2D eigenvalue weighted by Gasteiger charge is -2.30. The van der Waals surface area contributed by atoms with Crippen LogP contribution in [-0.2, 0) is 13.0 Å². The van der Waals surface area contributed by atoms with Crippen LogP contribution in [0.5, 0.6) is 0 Å². The fourth-order valence-corrected chi connectivity index (χ4v) is 2.73. The van der Waals surface area contributed by atoms with E-state index in [1.54, 1.807) is 12.1 Å². The first kappa shape index (κ1) is 21.2. The van der Waals surface area contributed by atoms with E-state index in [0.29, 0.717) is 11.4 Å². The number of fused-ring (bicyclic) bond motifs is 1. The lowest BCUT2D eigenvalue weighted by Crippen LogP contribution is -2.49. The van der Waals surface area contributed by atoms with Crippen LogP contribution in [0.2, 0.25) is 0 Å². The number of benzene rings is 1. The Hall–Kier alpha value is -1.86. The van der Waals surface area contributed by atoms with Crippen LogP contribution >= 0.6 is 24.8 Å². The number of aromatic nitrogens is 1. The van der Waals surface area contributed by atoms with Gasteiger partial charge in [0.1, 0.15) is 5.82 Å². The molecule has 1 aromatic carbocycles. The summed E-state index contributed by atoms with van der Waals surface area (Å²) in [4.78, 5) is 15.9. The monoisotopic (exact) mass is 384 g/mol. The van der Waals surface area contributed by atoms with E-state index in [4.69, 9.17) is 5.73 Å². The molecular formula is C17H22Cl2N4O2. The first-order valence-electron chi connectivity index (χ1n) is 7.61. The Morgan fingerprint density at radius 3 is 2.68 bits per heavy atom. The number of carbonyl (C=O) groups is 1. The number of amides is 1. The molecule has 1 aromatic heterocycles. The number of halogens is 2. The van der Waals surface area contributed by atoms with Gasteiger partial charge in [0.05, 0.1) is 11.7 Å². The van der Waals surface area contributed by atoms with Gasteiger partial charge in [0, 0.05) is 25.3 Å². The Bertz CT molecular complexity index is 697. The van der Waals surface area contributed by atoms with E-state index < -0.39 is 6.10 Å². The van der Waals surface area contributed by atoms with Crippen molar-refractivity contribution in [3.05, 3.63) is 59.3 Å². The summed E-state index contributed by atoms with van der Waals surface area (Å²) >= 11 is 0. The number of carbonyl (C=O) groups excluding carboxylic acids is 1. The van der Waals surface area contributed by atoms with Crippen LogP contribution in [0.15, 0.2) is 42.6 Å². The van der Waals surface area contributed by atoms with Crippen molar-refractivity contribution in [2.24, 2.45) is 0 Å². The average molecular weight is 385 g/mol. The van der Waals surface area contributed by atoms with Crippen molar-refractivity contribution in [1.29, 1.82) is 0 Å². The summed E-state index contributed by atoms with van der Waals surface area (Å²) in [5.41, 5.74) is 8.42. The first-order chi connectivity index (χ1) is 11.1. The van der Waals surface area contributed by atoms with Gasteiger partial charge in [-0.3, -0.25) is 4.79 Å². The highest BCUT2D eigenvalue weighted by Gasteiger charge is 2.24. The molecule has 1 unspecified atom stereocenters. The van der Waals surface area contributed by atoms with Gasteiger partial charge in [-0.05, 0) is 29.7 Å². The van der Waals surface area contributed by atoms with Crippen molar-refractivity contribution in [3.63, 3.8) is 0 Å². The van der Waals surface area contributed by atoms with Crippen LogP contribution in [0.1, 0.15) is 21.5 Å². The molecule has 1 aliphatic rings. The van der Waals surface area contributed by atoms with Crippen molar-refractivity contribution in [1.82, 2.24) is 15.6 Å². The summed E-state index contributed by atoms with van der Waals surface area (Å²) < 4.78 is 0. The number of aliphatic hydroxyl groups excluding tert-OH is 1. The third-order valence-corrected chi connectivity index (χ3v) is 4.10. The van der Waals surface area contributed by atoms with Gasteiger partial charge in [-0.1, -0.05) is 24.3 Å². The predicted molar refractivity (Wildman–Crippen MR) is 102 cm³/mol. The van der Waals surface area contributed by atoms with Gasteiger partial charge in [0.15, 0.2) is 0 Å². The average Bonchev–Trinajstić information content (AvgIpc) is 2.59. The van der Waals surface area contributed by atoms with Crippen molar-refractivity contribution in [3.8, 4) is 0 Å². The van der Waals surface area contributed by atoms with Crippen LogP contribution in [0.25, 0.3) is 0 Å². The highest BCUT2D eigenvalue weighted by atomic mass is 35.5.